The lowest BCUT2D eigenvalue weighted by molar-refractivity contribution is 0.102. The Bertz CT molecular complexity index is 1470. The van der Waals surface area contributed by atoms with Crippen molar-refractivity contribution in [1.82, 2.24) is 24.8 Å². The quantitative estimate of drug-likeness (QED) is 0.474. The summed E-state index contributed by atoms with van der Waals surface area (Å²) >= 11 is 0. The van der Waals surface area contributed by atoms with E-state index in [9.17, 15) is 4.79 Å². The third-order valence-electron chi connectivity index (χ3n) is 4.89. The van der Waals surface area contributed by atoms with Gasteiger partial charge in [-0.15, -0.1) is 10.2 Å². The molecule has 0 saturated heterocycles. The minimum Gasteiger partial charge on any atom is -0.322 e. The van der Waals surface area contributed by atoms with Crippen LogP contribution in [-0.4, -0.2) is 30.7 Å². The molecule has 0 unspecified atom stereocenters. The summed E-state index contributed by atoms with van der Waals surface area (Å²) in [6, 6.07) is 23.4. The second-order valence-corrected chi connectivity index (χ2v) is 6.97. The fraction of sp³-hybridized carbons (Fsp3) is 0. The monoisotopic (exact) mass is 417 g/mol. The molecular formula is C24H15N7O. The molecule has 0 aliphatic rings. The molecule has 0 saturated carbocycles. The van der Waals surface area contributed by atoms with Crippen LogP contribution in [0, 0.1) is 11.3 Å². The predicted octanol–water partition coefficient (Wildman–Crippen LogP) is 3.98. The molecule has 8 nitrogen and oxygen atoms in total. The summed E-state index contributed by atoms with van der Waals surface area (Å²) in [6.07, 6.45) is 3.40. The molecule has 0 aliphatic carbocycles. The Morgan fingerprint density at radius 3 is 2.50 bits per heavy atom. The van der Waals surface area contributed by atoms with Gasteiger partial charge in [0.05, 0.1) is 17.3 Å². The number of amides is 1. The summed E-state index contributed by atoms with van der Waals surface area (Å²) in [5.41, 5.74) is 4.65. The molecule has 1 N–H and O–H groups in total. The standard InChI is InChI=1S/C24H15N7O/c25-15-16-2-1-3-19(14-16)24(32)27-20-6-4-17(5-7-20)21-8-9-22-28-29-23(31(22)30-21)18-10-12-26-13-11-18/h1-14H,(H,27,32). The lowest BCUT2D eigenvalue weighted by Gasteiger charge is -2.07. The summed E-state index contributed by atoms with van der Waals surface area (Å²) in [4.78, 5) is 16.5. The molecule has 0 spiro atoms. The van der Waals surface area contributed by atoms with Gasteiger partial charge < -0.3 is 5.32 Å². The number of nitrogens with one attached hydrogen (secondary N) is 1. The van der Waals surface area contributed by atoms with Crippen LogP contribution in [0.4, 0.5) is 5.69 Å². The zero-order chi connectivity index (χ0) is 21.9. The topological polar surface area (TPSA) is 109 Å². The van der Waals surface area contributed by atoms with Gasteiger partial charge in [-0.05, 0) is 54.6 Å². The van der Waals surface area contributed by atoms with Crippen LogP contribution in [0.15, 0.2) is 85.2 Å². The lowest BCUT2D eigenvalue weighted by atomic mass is 10.1. The summed E-state index contributed by atoms with van der Waals surface area (Å²) < 4.78 is 1.70. The molecule has 5 rings (SSSR count). The van der Waals surface area contributed by atoms with Gasteiger partial charge in [0.25, 0.3) is 5.91 Å². The van der Waals surface area contributed by atoms with Crippen molar-refractivity contribution in [1.29, 1.82) is 5.26 Å². The van der Waals surface area contributed by atoms with Gasteiger partial charge in [-0.2, -0.15) is 14.9 Å². The van der Waals surface area contributed by atoms with Gasteiger partial charge >= 0.3 is 0 Å². The molecule has 0 radical (unpaired) electrons. The number of carbonyl (C=O) groups excluding carboxylic acids is 1. The first-order valence-electron chi connectivity index (χ1n) is 9.76. The van der Waals surface area contributed by atoms with E-state index in [4.69, 9.17) is 10.4 Å². The van der Waals surface area contributed by atoms with E-state index < -0.39 is 0 Å². The van der Waals surface area contributed by atoms with Crippen molar-refractivity contribution in [2.45, 2.75) is 0 Å². The second kappa shape index (κ2) is 8.08. The maximum absolute atomic E-state index is 12.5. The third kappa shape index (κ3) is 3.66. The maximum atomic E-state index is 12.5. The van der Waals surface area contributed by atoms with Gasteiger partial charge in [0.1, 0.15) is 0 Å². The van der Waals surface area contributed by atoms with Crippen LogP contribution in [-0.2, 0) is 0 Å². The highest BCUT2D eigenvalue weighted by Crippen LogP contribution is 2.22. The first-order chi connectivity index (χ1) is 15.7. The van der Waals surface area contributed by atoms with Gasteiger partial charge in [0, 0.05) is 34.8 Å². The van der Waals surface area contributed by atoms with E-state index in [0.717, 1.165) is 16.8 Å². The fourth-order valence-electron chi connectivity index (χ4n) is 3.28. The van der Waals surface area contributed by atoms with Crippen LogP contribution in [0.2, 0.25) is 0 Å². The van der Waals surface area contributed by atoms with Gasteiger partial charge in [-0.1, -0.05) is 18.2 Å². The molecular weight excluding hydrogens is 402 g/mol. The highest BCUT2D eigenvalue weighted by Gasteiger charge is 2.11. The zero-order valence-electron chi connectivity index (χ0n) is 16.7. The van der Waals surface area contributed by atoms with Gasteiger partial charge in [0.15, 0.2) is 11.5 Å². The third-order valence-corrected chi connectivity index (χ3v) is 4.89. The average molecular weight is 417 g/mol. The van der Waals surface area contributed by atoms with Crippen molar-refractivity contribution in [2.24, 2.45) is 0 Å². The first-order valence-corrected chi connectivity index (χ1v) is 9.76. The summed E-state index contributed by atoms with van der Waals surface area (Å²) in [7, 11) is 0. The molecule has 3 aromatic heterocycles. The number of aromatic nitrogens is 5. The van der Waals surface area contributed by atoms with E-state index >= 15 is 0 Å². The Balaban J connectivity index is 1.40. The van der Waals surface area contributed by atoms with Crippen molar-refractivity contribution in [3.8, 4) is 28.7 Å². The molecule has 3 heterocycles. The minimum atomic E-state index is -0.277. The predicted molar refractivity (Wildman–Crippen MR) is 119 cm³/mol. The number of hydrogen-bond acceptors (Lipinski definition) is 6. The summed E-state index contributed by atoms with van der Waals surface area (Å²) in [5, 5.41) is 25.0. The number of pyridine rings is 1. The van der Waals surface area contributed by atoms with Crippen LogP contribution < -0.4 is 5.32 Å². The number of nitrogens with zero attached hydrogens (tertiary/aromatic N) is 6. The van der Waals surface area contributed by atoms with Crippen LogP contribution in [0.3, 0.4) is 0 Å². The number of anilines is 1. The van der Waals surface area contributed by atoms with Crippen LogP contribution >= 0.6 is 0 Å². The number of nitriles is 1. The normalized spacial score (nSPS) is 10.6. The summed E-state index contributed by atoms with van der Waals surface area (Å²) in [5.74, 6) is 0.355. The van der Waals surface area contributed by atoms with Crippen molar-refractivity contribution in [3.63, 3.8) is 0 Å². The van der Waals surface area contributed by atoms with E-state index in [1.807, 2.05) is 54.6 Å². The lowest BCUT2D eigenvalue weighted by Crippen LogP contribution is -2.11. The zero-order valence-corrected chi connectivity index (χ0v) is 16.7. The Morgan fingerprint density at radius 2 is 1.72 bits per heavy atom. The Morgan fingerprint density at radius 1 is 0.906 bits per heavy atom. The summed E-state index contributed by atoms with van der Waals surface area (Å²) in [6.45, 7) is 0. The molecule has 5 aromatic rings. The van der Waals surface area contributed by atoms with Gasteiger partial charge in [0.2, 0.25) is 0 Å². The maximum Gasteiger partial charge on any atom is 0.255 e. The first kappa shape index (κ1) is 19.1. The van der Waals surface area contributed by atoms with Gasteiger partial charge in [-0.3, -0.25) is 9.78 Å². The SMILES string of the molecule is N#Cc1cccc(C(=O)Nc2ccc(-c3ccc4nnc(-c5ccncc5)n4n3)cc2)c1. The number of hydrogen-bond donors (Lipinski definition) is 1. The molecule has 0 fully saturated rings. The Kier molecular flexibility index (Phi) is 4.82. The van der Waals surface area contributed by atoms with E-state index in [2.05, 4.69) is 20.5 Å². The Hall–Kier alpha value is -4.90. The van der Waals surface area contributed by atoms with E-state index in [0.29, 0.717) is 28.3 Å². The molecule has 8 heteroatoms. The molecule has 0 bridgehead atoms. The average Bonchev–Trinajstić information content (AvgIpc) is 3.28. The molecule has 32 heavy (non-hydrogen) atoms. The minimum absolute atomic E-state index is 0.277. The fourth-order valence-corrected chi connectivity index (χ4v) is 3.28. The van der Waals surface area contributed by atoms with E-state index in [1.165, 1.54) is 0 Å². The van der Waals surface area contributed by atoms with E-state index in [1.54, 1.807) is 41.2 Å². The van der Waals surface area contributed by atoms with E-state index in [-0.39, 0.29) is 5.91 Å². The van der Waals surface area contributed by atoms with Crippen LogP contribution in [0.5, 0.6) is 0 Å². The number of carbonyl (C=O) groups is 1. The molecule has 1 amide bonds. The largest absolute Gasteiger partial charge is 0.322 e. The molecule has 152 valence electrons. The highest BCUT2D eigenvalue weighted by atomic mass is 16.1. The second-order valence-electron chi connectivity index (χ2n) is 6.97. The number of benzene rings is 2. The number of fused-ring (bicyclic) bond motifs is 1. The number of rotatable bonds is 4. The van der Waals surface area contributed by atoms with Crippen molar-refractivity contribution < 1.29 is 4.79 Å². The van der Waals surface area contributed by atoms with Gasteiger partial charge in [-0.25, -0.2) is 0 Å². The smallest absolute Gasteiger partial charge is 0.255 e. The Labute approximate surface area is 182 Å². The molecule has 2 aromatic carbocycles. The van der Waals surface area contributed by atoms with Crippen molar-refractivity contribution >= 4 is 17.2 Å². The highest BCUT2D eigenvalue weighted by molar-refractivity contribution is 6.04. The molecule has 0 aliphatic heterocycles. The van der Waals surface area contributed by atoms with Crippen LogP contribution in [0.1, 0.15) is 15.9 Å². The molecule has 0 atom stereocenters. The van der Waals surface area contributed by atoms with Crippen molar-refractivity contribution in [3.05, 3.63) is 96.3 Å². The van der Waals surface area contributed by atoms with Crippen LogP contribution in [0.25, 0.3) is 28.3 Å². The van der Waals surface area contributed by atoms with Crippen molar-refractivity contribution in [2.75, 3.05) is 5.32 Å².